The SMILES string of the molecule is CCCCNC(=O)[C@H]1CCCN(Cc2nc3ccccc3n2C)C1. The van der Waals surface area contributed by atoms with Crippen LogP contribution in [0.4, 0.5) is 0 Å². The van der Waals surface area contributed by atoms with E-state index in [1.165, 1.54) is 5.52 Å². The second kappa shape index (κ2) is 7.79. The lowest BCUT2D eigenvalue weighted by atomic mass is 9.97. The van der Waals surface area contributed by atoms with Gasteiger partial charge in [-0.2, -0.15) is 0 Å². The fourth-order valence-electron chi connectivity index (χ4n) is 3.48. The lowest BCUT2D eigenvalue weighted by Gasteiger charge is -2.31. The average Bonchev–Trinajstić information content (AvgIpc) is 2.91. The van der Waals surface area contributed by atoms with E-state index < -0.39 is 0 Å². The van der Waals surface area contributed by atoms with E-state index in [1.54, 1.807) is 0 Å². The number of imidazole rings is 1. The van der Waals surface area contributed by atoms with Gasteiger partial charge in [0.15, 0.2) is 0 Å². The van der Waals surface area contributed by atoms with Crippen LogP contribution in [0.5, 0.6) is 0 Å². The number of hydrogen-bond donors (Lipinski definition) is 1. The van der Waals surface area contributed by atoms with Crippen molar-refractivity contribution in [1.82, 2.24) is 19.8 Å². The van der Waals surface area contributed by atoms with Crippen molar-refractivity contribution in [3.05, 3.63) is 30.1 Å². The number of nitrogens with zero attached hydrogens (tertiary/aromatic N) is 3. The van der Waals surface area contributed by atoms with Crippen molar-refractivity contribution in [1.29, 1.82) is 0 Å². The fraction of sp³-hybridized carbons (Fsp3) is 0.579. The average molecular weight is 328 g/mol. The molecule has 1 N–H and O–H groups in total. The van der Waals surface area contributed by atoms with Crippen LogP contribution in [0, 0.1) is 5.92 Å². The Labute approximate surface area is 144 Å². The summed E-state index contributed by atoms with van der Waals surface area (Å²) in [5.74, 6) is 1.41. The summed E-state index contributed by atoms with van der Waals surface area (Å²) in [5, 5.41) is 3.08. The van der Waals surface area contributed by atoms with Gasteiger partial charge in [0.25, 0.3) is 0 Å². The molecular formula is C19H28N4O. The second-order valence-electron chi connectivity index (χ2n) is 6.79. The highest BCUT2D eigenvalue weighted by atomic mass is 16.1. The first-order chi connectivity index (χ1) is 11.7. The number of rotatable bonds is 6. The van der Waals surface area contributed by atoms with E-state index in [0.29, 0.717) is 0 Å². The van der Waals surface area contributed by atoms with Gasteiger partial charge in [0, 0.05) is 20.1 Å². The molecule has 3 rings (SSSR count). The molecule has 0 saturated carbocycles. The molecule has 24 heavy (non-hydrogen) atoms. The second-order valence-corrected chi connectivity index (χ2v) is 6.79. The molecule has 1 atom stereocenters. The number of aromatic nitrogens is 2. The van der Waals surface area contributed by atoms with Gasteiger partial charge in [-0.1, -0.05) is 25.5 Å². The number of nitrogens with one attached hydrogen (secondary N) is 1. The first-order valence-electron chi connectivity index (χ1n) is 9.09. The molecule has 1 aromatic heterocycles. The molecule has 130 valence electrons. The Morgan fingerprint density at radius 2 is 2.21 bits per heavy atom. The third kappa shape index (κ3) is 3.78. The number of fused-ring (bicyclic) bond motifs is 1. The number of unbranched alkanes of at least 4 members (excludes halogenated alkanes) is 1. The third-order valence-electron chi connectivity index (χ3n) is 4.95. The van der Waals surface area contributed by atoms with E-state index in [1.807, 2.05) is 12.1 Å². The molecule has 1 saturated heterocycles. The zero-order valence-electron chi connectivity index (χ0n) is 14.8. The third-order valence-corrected chi connectivity index (χ3v) is 4.95. The summed E-state index contributed by atoms with van der Waals surface area (Å²) in [6.07, 6.45) is 4.25. The minimum absolute atomic E-state index is 0.116. The number of carbonyl (C=O) groups is 1. The Bertz CT molecular complexity index is 694. The maximum atomic E-state index is 12.3. The molecule has 5 nitrogen and oxygen atoms in total. The van der Waals surface area contributed by atoms with Crippen LogP contribution in [0.15, 0.2) is 24.3 Å². The molecule has 1 aromatic carbocycles. The van der Waals surface area contributed by atoms with Crippen LogP contribution in [-0.2, 0) is 18.4 Å². The van der Waals surface area contributed by atoms with E-state index in [0.717, 1.165) is 63.2 Å². The normalized spacial score (nSPS) is 18.8. The predicted octanol–water partition coefficient (Wildman–Crippen LogP) is 2.70. The van der Waals surface area contributed by atoms with E-state index in [-0.39, 0.29) is 11.8 Å². The highest BCUT2D eigenvalue weighted by molar-refractivity contribution is 5.79. The highest BCUT2D eigenvalue weighted by Gasteiger charge is 2.26. The Kier molecular flexibility index (Phi) is 5.51. The minimum atomic E-state index is 0.116. The van der Waals surface area contributed by atoms with Crippen LogP contribution in [0.25, 0.3) is 11.0 Å². The minimum Gasteiger partial charge on any atom is -0.356 e. The van der Waals surface area contributed by atoms with E-state index >= 15 is 0 Å². The van der Waals surface area contributed by atoms with Crippen molar-refractivity contribution >= 4 is 16.9 Å². The lowest BCUT2D eigenvalue weighted by molar-refractivity contribution is -0.126. The summed E-state index contributed by atoms with van der Waals surface area (Å²) in [4.78, 5) is 19.4. The number of benzene rings is 1. The molecule has 1 fully saturated rings. The molecular weight excluding hydrogens is 300 g/mol. The molecule has 0 radical (unpaired) electrons. The van der Waals surface area contributed by atoms with Crippen LogP contribution in [0.3, 0.4) is 0 Å². The maximum absolute atomic E-state index is 12.3. The first-order valence-corrected chi connectivity index (χ1v) is 9.09. The first kappa shape index (κ1) is 17.0. The topological polar surface area (TPSA) is 50.2 Å². The summed E-state index contributed by atoms with van der Waals surface area (Å²) in [5.41, 5.74) is 2.21. The Balaban J connectivity index is 1.62. The zero-order chi connectivity index (χ0) is 16.9. The summed E-state index contributed by atoms with van der Waals surface area (Å²) in [6, 6.07) is 8.23. The fourth-order valence-corrected chi connectivity index (χ4v) is 3.48. The number of likely N-dealkylation sites (tertiary alicyclic amines) is 1. The molecule has 0 bridgehead atoms. The molecule has 2 aromatic rings. The largest absolute Gasteiger partial charge is 0.356 e. The van der Waals surface area contributed by atoms with Crippen LogP contribution >= 0.6 is 0 Å². The van der Waals surface area contributed by atoms with Gasteiger partial charge in [0.05, 0.1) is 23.5 Å². The van der Waals surface area contributed by atoms with Crippen molar-refractivity contribution in [3.63, 3.8) is 0 Å². The van der Waals surface area contributed by atoms with Crippen LogP contribution in [0.2, 0.25) is 0 Å². The van der Waals surface area contributed by atoms with Gasteiger partial charge in [-0.05, 0) is 37.9 Å². The van der Waals surface area contributed by atoms with Crippen molar-refractivity contribution in [3.8, 4) is 0 Å². The predicted molar refractivity (Wildman–Crippen MR) is 96.6 cm³/mol. The van der Waals surface area contributed by atoms with E-state index in [4.69, 9.17) is 4.98 Å². The lowest BCUT2D eigenvalue weighted by Crippen LogP contribution is -2.43. The van der Waals surface area contributed by atoms with Gasteiger partial charge in [-0.15, -0.1) is 0 Å². The van der Waals surface area contributed by atoms with Crippen molar-refractivity contribution in [2.24, 2.45) is 13.0 Å². The van der Waals surface area contributed by atoms with Gasteiger partial charge < -0.3 is 9.88 Å². The van der Waals surface area contributed by atoms with Gasteiger partial charge in [-0.25, -0.2) is 4.98 Å². The molecule has 1 aliphatic heterocycles. The number of para-hydroxylation sites is 2. The monoisotopic (exact) mass is 328 g/mol. The van der Waals surface area contributed by atoms with Crippen molar-refractivity contribution in [2.75, 3.05) is 19.6 Å². The highest BCUT2D eigenvalue weighted by Crippen LogP contribution is 2.20. The van der Waals surface area contributed by atoms with Crippen LogP contribution in [0.1, 0.15) is 38.4 Å². The van der Waals surface area contributed by atoms with Crippen molar-refractivity contribution < 1.29 is 4.79 Å². The number of aryl methyl sites for hydroxylation is 1. The molecule has 0 aliphatic carbocycles. The quantitative estimate of drug-likeness (QED) is 0.830. The summed E-state index contributed by atoms with van der Waals surface area (Å²) < 4.78 is 2.17. The molecule has 5 heteroatoms. The Morgan fingerprint density at radius 3 is 3.00 bits per heavy atom. The number of amides is 1. The summed E-state index contributed by atoms with van der Waals surface area (Å²) in [6.45, 7) is 5.63. The van der Waals surface area contributed by atoms with E-state index in [9.17, 15) is 4.79 Å². The molecule has 2 heterocycles. The zero-order valence-corrected chi connectivity index (χ0v) is 14.8. The summed E-state index contributed by atoms with van der Waals surface area (Å²) >= 11 is 0. The van der Waals surface area contributed by atoms with E-state index in [2.05, 4.69) is 40.9 Å². The molecule has 0 unspecified atom stereocenters. The van der Waals surface area contributed by atoms with Gasteiger partial charge >= 0.3 is 0 Å². The Hall–Kier alpha value is -1.88. The maximum Gasteiger partial charge on any atom is 0.224 e. The number of carbonyl (C=O) groups excluding carboxylic acids is 1. The van der Waals surface area contributed by atoms with Crippen LogP contribution < -0.4 is 5.32 Å². The molecule has 1 amide bonds. The summed E-state index contributed by atoms with van der Waals surface area (Å²) in [7, 11) is 2.07. The number of hydrogen-bond acceptors (Lipinski definition) is 3. The van der Waals surface area contributed by atoms with Crippen LogP contribution in [-0.4, -0.2) is 40.0 Å². The van der Waals surface area contributed by atoms with Gasteiger partial charge in [-0.3, -0.25) is 9.69 Å². The Morgan fingerprint density at radius 1 is 1.38 bits per heavy atom. The standard InChI is InChI=1S/C19H28N4O/c1-3-4-11-20-19(24)15-8-7-12-23(13-15)14-18-21-16-9-5-6-10-17(16)22(18)2/h5-6,9-10,15H,3-4,7-8,11-14H2,1-2H3,(H,20,24)/t15-/m0/s1. The smallest absolute Gasteiger partial charge is 0.224 e. The van der Waals surface area contributed by atoms with Crippen molar-refractivity contribution in [2.45, 2.75) is 39.2 Å². The van der Waals surface area contributed by atoms with Gasteiger partial charge in [0.1, 0.15) is 5.82 Å². The molecule has 1 aliphatic rings. The number of piperidine rings is 1. The molecule has 0 spiro atoms. The van der Waals surface area contributed by atoms with Gasteiger partial charge in [0.2, 0.25) is 5.91 Å².